The van der Waals surface area contributed by atoms with Gasteiger partial charge in [0.05, 0.1) is 33.1 Å². The first-order valence-corrected chi connectivity index (χ1v) is 28.6. The average molecular weight is 1010 g/mol. The van der Waals surface area contributed by atoms with Gasteiger partial charge in [0.2, 0.25) is 0 Å². The first-order valence-electron chi connectivity index (χ1n) is 28.6. The van der Waals surface area contributed by atoms with Gasteiger partial charge in [0.1, 0.15) is 0 Å². The molecule has 0 spiro atoms. The lowest BCUT2D eigenvalue weighted by molar-refractivity contribution is 0.568. The molecule has 0 unspecified atom stereocenters. The highest BCUT2D eigenvalue weighted by Gasteiger charge is 2.35. The summed E-state index contributed by atoms with van der Waals surface area (Å²) < 4.78 is 5.50. The monoisotopic (exact) mass is 1000 g/mol. The minimum Gasteiger partial charge on any atom is -0.308 e. The Bertz CT molecular complexity index is 3850. The highest BCUT2D eigenvalue weighted by Crippen LogP contribution is 2.55. The van der Waals surface area contributed by atoms with Crippen LogP contribution >= 0.6 is 0 Å². The molecule has 2 nitrogen and oxygen atoms in total. The second kappa shape index (κ2) is 15.9. The molecule has 11 rings (SSSR count). The molecule has 0 aliphatic heterocycles. The molecule has 0 fully saturated rings. The summed E-state index contributed by atoms with van der Waals surface area (Å²) >= 11 is 0. The Kier molecular flexibility index (Phi) is 10.9. The number of aromatic nitrogens is 2. The van der Waals surface area contributed by atoms with Gasteiger partial charge >= 0.3 is 0 Å². The van der Waals surface area contributed by atoms with Crippen LogP contribution in [-0.4, -0.2) is 8.80 Å². The normalized spacial score (nSPS) is 14.3. The fourth-order valence-electron chi connectivity index (χ4n) is 12.6. The van der Waals surface area contributed by atoms with E-state index in [0.717, 1.165) is 0 Å². The minimum absolute atomic E-state index is 0.00280. The van der Waals surface area contributed by atoms with Crippen molar-refractivity contribution in [2.45, 2.75) is 209 Å². The summed E-state index contributed by atoms with van der Waals surface area (Å²) in [6.07, 6.45) is 0. The molecule has 4 heterocycles. The van der Waals surface area contributed by atoms with E-state index in [9.17, 15) is 0 Å². The lowest BCUT2D eigenvalue weighted by Gasteiger charge is -2.26. The topological polar surface area (TPSA) is 8.82 Å². The number of hydrogen-bond donors (Lipinski definition) is 0. The third kappa shape index (κ3) is 7.98. The number of rotatable bonds is 2. The summed E-state index contributed by atoms with van der Waals surface area (Å²) in [5.74, 6) is 0. The van der Waals surface area contributed by atoms with E-state index in [4.69, 9.17) is 0 Å². The van der Waals surface area contributed by atoms with Crippen molar-refractivity contribution in [3.8, 4) is 22.3 Å². The molecule has 76 heavy (non-hydrogen) atoms. The molecule has 2 heteroatoms. The second-order valence-corrected chi connectivity index (χ2v) is 31.8. The van der Waals surface area contributed by atoms with Gasteiger partial charge in [0.25, 0.3) is 0 Å². The van der Waals surface area contributed by atoms with E-state index in [2.05, 4.69) is 272 Å². The Balaban J connectivity index is 1.42. The Labute approximate surface area is 456 Å². The Morgan fingerprint density at radius 3 is 0.750 bits per heavy atom. The number of nitrogens with zero attached hydrogens (tertiary/aromatic N) is 2. The van der Waals surface area contributed by atoms with Gasteiger partial charge in [-0.05, 0) is 134 Å². The van der Waals surface area contributed by atoms with Gasteiger partial charge in [-0.2, -0.15) is 0 Å². The maximum absolute atomic E-state index is 2.75. The lowest BCUT2D eigenvalue weighted by Crippen LogP contribution is -2.17. The summed E-state index contributed by atoms with van der Waals surface area (Å²) in [6.45, 7) is 57.1. The van der Waals surface area contributed by atoms with E-state index in [1.165, 1.54) is 143 Å². The average Bonchev–Trinajstić information content (AvgIpc) is 4.01. The zero-order valence-electron chi connectivity index (χ0n) is 51.1. The molecule has 0 aliphatic rings. The van der Waals surface area contributed by atoms with Crippen LogP contribution in [0.3, 0.4) is 0 Å². The fourth-order valence-corrected chi connectivity index (χ4v) is 12.6. The summed E-state index contributed by atoms with van der Waals surface area (Å²) in [5.41, 5.74) is 23.7. The highest BCUT2D eigenvalue weighted by atomic mass is 15.0. The third-order valence-electron chi connectivity index (χ3n) is 17.5. The van der Waals surface area contributed by atoms with Crippen LogP contribution in [0.4, 0.5) is 0 Å². The van der Waals surface area contributed by atoms with Crippen molar-refractivity contribution in [3.05, 3.63) is 142 Å². The highest BCUT2D eigenvalue weighted by molar-refractivity contribution is 6.45. The molecule has 0 radical (unpaired) electrons. The Hall–Kier alpha value is -5.86. The molecule has 394 valence electrons. The lowest BCUT2D eigenvalue weighted by atomic mass is 9.78. The van der Waals surface area contributed by atoms with E-state index >= 15 is 0 Å². The van der Waals surface area contributed by atoms with Crippen molar-refractivity contribution in [1.29, 1.82) is 0 Å². The van der Waals surface area contributed by atoms with Crippen molar-refractivity contribution in [2.24, 2.45) is 0 Å². The fraction of sp³-hybridized carbons (Fsp3) is 0.432. The summed E-state index contributed by atoms with van der Waals surface area (Å²) in [5, 5.41) is 10.9. The minimum atomic E-state index is -0.137. The smallest absolute Gasteiger partial charge is 0.0634 e. The van der Waals surface area contributed by atoms with Crippen LogP contribution in [0.25, 0.3) is 98.4 Å². The van der Waals surface area contributed by atoms with Gasteiger partial charge in [-0.25, -0.2) is 0 Å². The molecule has 0 saturated heterocycles. The third-order valence-corrected chi connectivity index (χ3v) is 17.5. The van der Waals surface area contributed by atoms with Crippen molar-refractivity contribution >= 4 is 76.2 Å². The van der Waals surface area contributed by atoms with Crippen LogP contribution in [0.2, 0.25) is 0 Å². The predicted octanol–water partition coefficient (Wildman–Crippen LogP) is 21.7. The summed E-state index contributed by atoms with van der Waals surface area (Å²) in [4.78, 5) is 0. The molecule has 4 aromatic heterocycles. The zero-order chi connectivity index (χ0) is 55.5. The van der Waals surface area contributed by atoms with Crippen molar-refractivity contribution in [2.75, 3.05) is 0 Å². The summed E-state index contributed by atoms with van der Waals surface area (Å²) in [7, 11) is 0. The molecule has 0 saturated carbocycles. The maximum atomic E-state index is 2.75. The molecule has 7 aromatic carbocycles. The Morgan fingerprint density at radius 2 is 0.487 bits per heavy atom. The van der Waals surface area contributed by atoms with E-state index in [-0.39, 0.29) is 43.3 Å². The van der Waals surface area contributed by atoms with Crippen LogP contribution in [0, 0.1) is 0 Å². The van der Waals surface area contributed by atoms with E-state index in [1.54, 1.807) is 0 Å². The maximum Gasteiger partial charge on any atom is 0.0634 e. The quantitative estimate of drug-likeness (QED) is 0.163. The molecule has 0 amide bonds. The van der Waals surface area contributed by atoms with Crippen LogP contribution < -0.4 is 0 Å². The van der Waals surface area contributed by atoms with Gasteiger partial charge in [-0.3, -0.25) is 0 Å². The van der Waals surface area contributed by atoms with E-state index in [0.29, 0.717) is 0 Å². The molecular weight excluding hydrogens is 917 g/mol. The van der Waals surface area contributed by atoms with Crippen molar-refractivity contribution in [3.63, 3.8) is 0 Å². The molecule has 0 aliphatic carbocycles. The standard InChI is InChI=1S/C74H88N2/c1-67(2,3)45-29-43(30-46(35-45)68(4,5)6)41-25-27-51-57(33-41)75-63-53(37-49(71(13,14)15)39-55(63)73(19,20)21)62-60-52-28-26-42(44-31-47(69(7,8)9)36-48(32-44)70(10,11)12)34-58(52)76-64-54(61(66(60)76)59(51)65(62)75)38-50(72(16,17)18)40-56(64)74(22,23)24/h25-40H,1-24H3. The predicted molar refractivity (Wildman–Crippen MR) is 336 cm³/mol. The first-order chi connectivity index (χ1) is 34.7. The van der Waals surface area contributed by atoms with Crippen LogP contribution in [0.1, 0.15) is 211 Å². The Morgan fingerprint density at radius 1 is 0.224 bits per heavy atom. The van der Waals surface area contributed by atoms with Crippen LogP contribution in [-0.2, 0) is 43.3 Å². The second-order valence-electron chi connectivity index (χ2n) is 31.8. The van der Waals surface area contributed by atoms with E-state index in [1.807, 2.05) is 0 Å². The zero-order valence-corrected chi connectivity index (χ0v) is 51.1. The molecule has 0 atom stereocenters. The van der Waals surface area contributed by atoms with Crippen LogP contribution in [0.5, 0.6) is 0 Å². The van der Waals surface area contributed by atoms with Gasteiger partial charge in [0, 0.05) is 43.1 Å². The molecule has 0 N–H and O–H groups in total. The van der Waals surface area contributed by atoms with Crippen LogP contribution in [0.15, 0.2) is 97.1 Å². The van der Waals surface area contributed by atoms with Crippen molar-refractivity contribution in [1.82, 2.24) is 8.80 Å². The number of fused-ring (bicyclic) bond motifs is 14. The van der Waals surface area contributed by atoms with Gasteiger partial charge in [-0.15, -0.1) is 0 Å². The van der Waals surface area contributed by atoms with Gasteiger partial charge < -0.3 is 8.80 Å². The summed E-state index contributed by atoms with van der Waals surface area (Å²) in [6, 6.07) is 40.1. The van der Waals surface area contributed by atoms with Gasteiger partial charge in [0.15, 0.2) is 0 Å². The molecule has 11 aromatic rings. The van der Waals surface area contributed by atoms with E-state index < -0.39 is 0 Å². The van der Waals surface area contributed by atoms with Gasteiger partial charge in [-0.1, -0.05) is 239 Å². The SMILES string of the molecule is CC(C)(C)c1cc(-c2ccc3c4c5c6cc(C(C)(C)C)cc(C(C)(C)C)c6n6c7cc(-c8cc(C(C)(C)C)cc(C(C)(C)C)c8)ccc7c(c7c8cc(C(C)(C)C)cc(C(C)(C)C)c8n(c3c2)c47)c56)cc(C(C)(C)C)c1. The molecule has 0 bridgehead atoms. The first kappa shape index (κ1) is 52.2. The largest absolute Gasteiger partial charge is 0.308 e. The molecular formula is C74H88N2. The van der Waals surface area contributed by atoms with Crippen molar-refractivity contribution < 1.29 is 0 Å². The number of benzene rings is 7. The number of hydrogen-bond acceptors (Lipinski definition) is 0.